The summed E-state index contributed by atoms with van der Waals surface area (Å²) in [6.45, 7) is 20.7. The maximum Gasteiger partial charge on any atom is 0.0700 e. The molecule has 3 aliphatic carbocycles. The lowest BCUT2D eigenvalue weighted by molar-refractivity contribution is -0.203. The lowest BCUT2D eigenvalue weighted by Crippen LogP contribution is -2.59. The van der Waals surface area contributed by atoms with Gasteiger partial charge in [0, 0.05) is 13.0 Å². The third-order valence-electron chi connectivity index (χ3n) is 11.0. The largest absolute Gasteiger partial charge is 0.396 e. The molecule has 9 atom stereocenters. The van der Waals surface area contributed by atoms with E-state index in [-0.39, 0.29) is 23.7 Å². The van der Waals surface area contributed by atoms with Crippen LogP contribution >= 0.6 is 0 Å². The van der Waals surface area contributed by atoms with Crippen molar-refractivity contribution >= 4 is 0 Å². The molecule has 3 nitrogen and oxygen atoms in total. The van der Waals surface area contributed by atoms with Crippen LogP contribution in [0.3, 0.4) is 0 Å². The molecule has 200 valence electrons. The minimum absolute atomic E-state index is 0.118. The van der Waals surface area contributed by atoms with E-state index in [1.54, 1.807) is 0 Å². The van der Waals surface area contributed by atoms with E-state index < -0.39 is 5.60 Å². The molecule has 3 aliphatic rings. The van der Waals surface area contributed by atoms with E-state index in [2.05, 4.69) is 62.3 Å². The molecule has 0 aromatic rings. The van der Waals surface area contributed by atoms with E-state index in [0.717, 1.165) is 37.0 Å². The molecular formula is C31H58O3. The minimum Gasteiger partial charge on any atom is -0.396 e. The summed E-state index contributed by atoms with van der Waals surface area (Å²) in [5.74, 6) is 3.63. The zero-order chi connectivity index (χ0) is 25.5. The average molecular weight is 479 g/mol. The van der Waals surface area contributed by atoms with Gasteiger partial charge in [0.05, 0.1) is 17.3 Å². The first kappa shape index (κ1) is 28.5. The van der Waals surface area contributed by atoms with Crippen molar-refractivity contribution in [1.82, 2.24) is 0 Å². The molecule has 0 aromatic heterocycles. The Morgan fingerprint density at radius 2 is 1.59 bits per heavy atom. The first-order valence-corrected chi connectivity index (χ1v) is 14.7. The quantitative estimate of drug-likeness (QED) is 0.377. The Balaban J connectivity index is 1.75. The highest BCUT2D eigenvalue weighted by Crippen LogP contribution is 2.65. The van der Waals surface area contributed by atoms with E-state index in [1.807, 2.05) is 0 Å². The average Bonchev–Trinajstić information content (AvgIpc) is 3.05. The molecule has 0 bridgehead atoms. The number of fused-ring (bicyclic) bond motifs is 1. The van der Waals surface area contributed by atoms with Crippen molar-refractivity contribution in [2.45, 2.75) is 144 Å². The molecule has 3 saturated carbocycles. The van der Waals surface area contributed by atoms with Crippen LogP contribution in [0.25, 0.3) is 0 Å². The Kier molecular flexibility index (Phi) is 8.64. The predicted octanol–water partition coefficient (Wildman–Crippen LogP) is 7.62. The van der Waals surface area contributed by atoms with Gasteiger partial charge < -0.3 is 14.9 Å². The Morgan fingerprint density at radius 3 is 2.15 bits per heavy atom. The number of ether oxygens (including phenoxy) is 1. The van der Waals surface area contributed by atoms with Gasteiger partial charge in [-0.2, -0.15) is 0 Å². The van der Waals surface area contributed by atoms with Gasteiger partial charge in [-0.3, -0.25) is 0 Å². The van der Waals surface area contributed by atoms with Gasteiger partial charge in [-0.05, 0) is 113 Å². The molecule has 0 heterocycles. The molecule has 34 heavy (non-hydrogen) atoms. The maximum atomic E-state index is 11.9. The molecule has 3 fully saturated rings. The van der Waals surface area contributed by atoms with Crippen LogP contribution in [0.2, 0.25) is 0 Å². The van der Waals surface area contributed by atoms with Crippen LogP contribution in [0.15, 0.2) is 0 Å². The standard InChI is InChI=1S/C31H58O3/c1-21(2)11-10-12-22(3)25-13-14-26-24(20-32)27(16-17-29(25,26)7)30(8)18-15-23(19-31(30,9)33)34-28(4,5)6/h21-27,32-33H,10-20H2,1-9H3/t22-,23+,24-,25-,26+,27-,29+,30+,31-/m0/s1. The summed E-state index contributed by atoms with van der Waals surface area (Å²) in [6.07, 6.45) is 11.8. The van der Waals surface area contributed by atoms with Crippen LogP contribution in [0, 0.1) is 46.3 Å². The molecule has 0 radical (unpaired) electrons. The van der Waals surface area contributed by atoms with Gasteiger partial charge in [0.1, 0.15) is 0 Å². The molecule has 0 saturated heterocycles. The summed E-state index contributed by atoms with van der Waals surface area (Å²) in [7, 11) is 0. The van der Waals surface area contributed by atoms with Crippen molar-refractivity contribution in [1.29, 1.82) is 0 Å². The monoisotopic (exact) mass is 478 g/mol. The molecule has 0 amide bonds. The fourth-order valence-corrected chi connectivity index (χ4v) is 9.05. The lowest BCUT2D eigenvalue weighted by Gasteiger charge is -2.60. The minimum atomic E-state index is -0.769. The summed E-state index contributed by atoms with van der Waals surface area (Å²) >= 11 is 0. The third-order valence-corrected chi connectivity index (χ3v) is 11.0. The second kappa shape index (κ2) is 10.3. The molecule has 0 aromatic carbocycles. The van der Waals surface area contributed by atoms with Gasteiger partial charge >= 0.3 is 0 Å². The molecule has 0 aliphatic heterocycles. The highest BCUT2D eigenvalue weighted by atomic mass is 16.5. The summed E-state index contributed by atoms with van der Waals surface area (Å²) in [5, 5.41) is 22.6. The first-order chi connectivity index (χ1) is 15.6. The second-order valence-electron chi connectivity index (χ2n) is 14.9. The van der Waals surface area contributed by atoms with Crippen molar-refractivity contribution in [2.24, 2.45) is 46.3 Å². The van der Waals surface area contributed by atoms with Crippen LogP contribution in [0.4, 0.5) is 0 Å². The summed E-state index contributed by atoms with van der Waals surface area (Å²) in [5.41, 5.74) is -0.773. The fraction of sp³-hybridized carbons (Fsp3) is 1.00. The maximum absolute atomic E-state index is 11.9. The van der Waals surface area contributed by atoms with Crippen LogP contribution in [-0.4, -0.2) is 34.1 Å². The normalized spacial score (nSPS) is 44.3. The van der Waals surface area contributed by atoms with Gasteiger partial charge in [-0.15, -0.1) is 0 Å². The fourth-order valence-electron chi connectivity index (χ4n) is 9.05. The van der Waals surface area contributed by atoms with E-state index in [1.165, 1.54) is 38.5 Å². The van der Waals surface area contributed by atoms with E-state index >= 15 is 0 Å². The Labute approximate surface area is 211 Å². The summed E-state index contributed by atoms with van der Waals surface area (Å²) < 4.78 is 6.31. The molecule has 2 N–H and O–H groups in total. The van der Waals surface area contributed by atoms with Gasteiger partial charge in [0.2, 0.25) is 0 Å². The molecule has 3 rings (SSSR count). The van der Waals surface area contributed by atoms with E-state index in [0.29, 0.717) is 29.6 Å². The van der Waals surface area contributed by atoms with Crippen LogP contribution in [-0.2, 0) is 4.74 Å². The van der Waals surface area contributed by atoms with Gasteiger partial charge in [0.25, 0.3) is 0 Å². The SMILES string of the molecule is CC(C)CCC[C@H](C)[C@@H]1CC[C@@H]2[C@H](CO)[C@@H]([C@@]3(C)CC[C@@H](OC(C)(C)C)C[C@]3(C)O)CC[C@@]21C. The van der Waals surface area contributed by atoms with Crippen molar-refractivity contribution in [2.75, 3.05) is 6.61 Å². The number of aliphatic hydroxyl groups is 2. The van der Waals surface area contributed by atoms with Gasteiger partial charge in [-0.25, -0.2) is 0 Å². The summed E-state index contributed by atoms with van der Waals surface area (Å²) in [6, 6.07) is 0. The number of rotatable bonds is 8. The second-order valence-corrected chi connectivity index (χ2v) is 14.9. The Morgan fingerprint density at radius 1 is 0.912 bits per heavy atom. The molecular weight excluding hydrogens is 420 g/mol. The van der Waals surface area contributed by atoms with Crippen molar-refractivity contribution in [3.63, 3.8) is 0 Å². The van der Waals surface area contributed by atoms with Crippen LogP contribution < -0.4 is 0 Å². The van der Waals surface area contributed by atoms with E-state index in [9.17, 15) is 10.2 Å². The molecule has 0 spiro atoms. The summed E-state index contributed by atoms with van der Waals surface area (Å²) in [4.78, 5) is 0. The van der Waals surface area contributed by atoms with Crippen molar-refractivity contribution < 1.29 is 14.9 Å². The smallest absolute Gasteiger partial charge is 0.0700 e. The van der Waals surface area contributed by atoms with Gasteiger partial charge in [0.15, 0.2) is 0 Å². The van der Waals surface area contributed by atoms with Gasteiger partial charge in [-0.1, -0.05) is 53.9 Å². The Bertz CT molecular complexity index is 664. The Hall–Kier alpha value is -0.120. The lowest BCUT2D eigenvalue weighted by atomic mass is 9.47. The number of hydrogen-bond donors (Lipinski definition) is 2. The first-order valence-electron chi connectivity index (χ1n) is 14.7. The van der Waals surface area contributed by atoms with Crippen LogP contribution in [0.1, 0.15) is 127 Å². The zero-order valence-corrected chi connectivity index (χ0v) is 24.1. The molecule has 3 heteroatoms. The zero-order valence-electron chi connectivity index (χ0n) is 24.1. The predicted molar refractivity (Wildman–Crippen MR) is 143 cm³/mol. The third kappa shape index (κ3) is 5.57. The van der Waals surface area contributed by atoms with Crippen molar-refractivity contribution in [3.8, 4) is 0 Å². The highest BCUT2D eigenvalue weighted by molar-refractivity contribution is 5.10. The van der Waals surface area contributed by atoms with Crippen LogP contribution in [0.5, 0.6) is 0 Å². The molecule has 0 unspecified atom stereocenters. The van der Waals surface area contributed by atoms with Crippen molar-refractivity contribution in [3.05, 3.63) is 0 Å². The highest BCUT2D eigenvalue weighted by Gasteiger charge is 2.61. The number of aliphatic hydroxyl groups excluding tert-OH is 1. The van der Waals surface area contributed by atoms with E-state index in [4.69, 9.17) is 4.74 Å². The number of hydrogen-bond acceptors (Lipinski definition) is 3. The topological polar surface area (TPSA) is 49.7 Å².